The van der Waals surface area contributed by atoms with Gasteiger partial charge in [-0.2, -0.15) is 0 Å². The molecule has 18 heavy (non-hydrogen) atoms. The Morgan fingerprint density at radius 1 is 1.33 bits per heavy atom. The van der Waals surface area contributed by atoms with Crippen LogP contribution in [-0.2, 0) is 13.2 Å². The van der Waals surface area contributed by atoms with Crippen LogP contribution in [0.5, 0.6) is 5.75 Å². The summed E-state index contributed by atoms with van der Waals surface area (Å²) in [6, 6.07) is 2.09. The van der Waals surface area contributed by atoms with Crippen molar-refractivity contribution in [2.75, 3.05) is 0 Å². The molecule has 0 saturated heterocycles. The Kier molecular flexibility index (Phi) is 3.88. The zero-order valence-electron chi connectivity index (χ0n) is 9.61. The number of thiazole rings is 1. The molecule has 0 aliphatic heterocycles. The largest absolute Gasteiger partial charge is 0.480 e. The van der Waals surface area contributed by atoms with E-state index in [1.165, 1.54) is 11.3 Å². The van der Waals surface area contributed by atoms with Crippen LogP contribution in [0, 0.1) is 18.6 Å². The first kappa shape index (κ1) is 12.9. The molecule has 0 amide bonds. The van der Waals surface area contributed by atoms with E-state index in [4.69, 9.17) is 9.84 Å². The molecule has 1 aromatic heterocycles. The van der Waals surface area contributed by atoms with E-state index in [1.807, 2.05) is 12.3 Å². The maximum Gasteiger partial charge on any atom is 0.191 e. The smallest absolute Gasteiger partial charge is 0.191 e. The Labute approximate surface area is 107 Å². The van der Waals surface area contributed by atoms with Crippen molar-refractivity contribution in [1.29, 1.82) is 0 Å². The van der Waals surface area contributed by atoms with Gasteiger partial charge in [0.05, 0.1) is 6.61 Å². The number of ether oxygens (including phenoxy) is 1. The molecule has 0 bridgehead atoms. The minimum atomic E-state index is -0.827. The van der Waals surface area contributed by atoms with Crippen molar-refractivity contribution in [3.05, 3.63) is 45.4 Å². The first-order valence-electron chi connectivity index (χ1n) is 5.22. The lowest BCUT2D eigenvalue weighted by molar-refractivity contribution is 0.266. The lowest BCUT2D eigenvalue weighted by Gasteiger charge is -2.08. The van der Waals surface area contributed by atoms with Gasteiger partial charge in [0.25, 0.3) is 0 Å². The quantitative estimate of drug-likeness (QED) is 0.929. The average Bonchev–Trinajstić information content (AvgIpc) is 2.73. The predicted octanol–water partition coefficient (Wildman–Crippen LogP) is 2.80. The molecule has 2 rings (SSSR count). The molecule has 0 aliphatic rings. The first-order chi connectivity index (χ1) is 8.60. The number of hydrogen-bond acceptors (Lipinski definition) is 4. The highest BCUT2D eigenvalue weighted by atomic mass is 32.1. The second-order valence-electron chi connectivity index (χ2n) is 3.72. The summed E-state index contributed by atoms with van der Waals surface area (Å²) in [7, 11) is 0. The lowest BCUT2D eigenvalue weighted by atomic mass is 10.2. The summed E-state index contributed by atoms with van der Waals surface area (Å²) < 4.78 is 32.1. The standard InChI is InChI=1S/C12H11F2NO2S/c1-7-6-18-11(15-7)5-17-12-9(13)2-8(4-16)3-10(12)14/h2-3,6,16H,4-5H2,1H3. The number of nitrogens with zero attached hydrogens (tertiary/aromatic N) is 1. The maximum atomic E-state index is 13.5. The summed E-state index contributed by atoms with van der Waals surface area (Å²) in [5.74, 6) is -2.10. The molecular weight excluding hydrogens is 260 g/mol. The van der Waals surface area contributed by atoms with Gasteiger partial charge >= 0.3 is 0 Å². The van der Waals surface area contributed by atoms with Crippen molar-refractivity contribution < 1.29 is 18.6 Å². The predicted molar refractivity (Wildman–Crippen MR) is 63.5 cm³/mol. The number of aryl methyl sites for hydroxylation is 1. The van der Waals surface area contributed by atoms with Crippen molar-refractivity contribution in [3.8, 4) is 5.75 Å². The highest BCUT2D eigenvalue weighted by Gasteiger charge is 2.13. The fourth-order valence-electron chi connectivity index (χ4n) is 1.44. The van der Waals surface area contributed by atoms with Gasteiger partial charge in [0, 0.05) is 11.1 Å². The number of aliphatic hydroxyl groups excluding tert-OH is 1. The molecule has 3 nitrogen and oxygen atoms in total. The van der Waals surface area contributed by atoms with Gasteiger partial charge in [-0.25, -0.2) is 13.8 Å². The Morgan fingerprint density at radius 2 is 2.00 bits per heavy atom. The zero-order valence-corrected chi connectivity index (χ0v) is 10.4. The molecule has 0 unspecified atom stereocenters. The van der Waals surface area contributed by atoms with E-state index in [-0.39, 0.29) is 12.2 Å². The second kappa shape index (κ2) is 5.41. The Morgan fingerprint density at radius 3 is 2.50 bits per heavy atom. The molecule has 0 saturated carbocycles. The highest BCUT2D eigenvalue weighted by molar-refractivity contribution is 7.09. The van der Waals surface area contributed by atoms with Crippen molar-refractivity contribution in [3.63, 3.8) is 0 Å². The summed E-state index contributed by atoms with van der Waals surface area (Å²) in [6.07, 6.45) is 0. The van der Waals surface area contributed by atoms with Crippen molar-refractivity contribution in [2.24, 2.45) is 0 Å². The van der Waals surface area contributed by atoms with Crippen LogP contribution in [0.15, 0.2) is 17.5 Å². The Bertz CT molecular complexity index is 534. The van der Waals surface area contributed by atoms with Crippen LogP contribution in [0.1, 0.15) is 16.3 Å². The van der Waals surface area contributed by atoms with E-state index in [0.717, 1.165) is 17.8 Å². The van der Waals surface area contributed by atoms with Crippen molar-refractivity contribution in [2.45, 2.75) is 20.1 Å². The van der Waals surface area contributed by atoms with Crippen LogP contribution in [0.4, 0.5) is 8.78 Å². The molecule has 0 atom stereocenters. The average molecular weight is 271 g/mol. The highest BCUT2D eigenvalue weighted by Crippen LogP contribution is 2.24. The third-order valence-electron chi connectivity index (χ3n) is 2.25. The van der Waals surface area contributed by atoms with E-state index in [0.29, 0.717) is 5.01 Å². The second-order valence-corrected chi connectivity index (χ2v) is 4.66. The van der Waals surface area contributed by atoms with Crippen LogP contribution in [0.2, 0.25) is 0 Å². The minimum Gasteiger partial charge on any atom is -0.480 e. The van der Waals surface area contributed by atoms with Gasteiger partial charge in [-0.1, -0.05) is 0 Å². The number of rotatable bonds is 4. The summed E-state index contributed by atoms with van der Waals surface area (Å²) in [5.41, 5.74) is 1.01. The molecule has 96 valence electrons. The lowest BCUT2D eigenvalue weighted by Crippen LogP contribution is -2.01. The van der Waals surface area contributed by atoms with Gasteiger partial charge in [0.2, 0.25) is 0 Å². The summed E-state index contributed by atoms with van der Waals surface area (Å²) in [4.78, 5) is 4.13. The molecular formula is C12H11F2NO2S. The van der Waals surface area contributed by atoms with E-state index in [1.54, 1.807) is 0 Å². The zero-order chi connectivity index (χ0) is 13.1. The monoisotopic (exact) mass is 271 g/mol. The summed E-state index contributed by atoms with van der Waals surface area (Å²) >= 11 is 1.37. The van der Waals surface area contributed by atoms with Crippen LogP contribution in [0.3, 0.4) is 0 Å². The van der Waals surface area contributed by atoms with E-state index >= 15 is 0 Å². The van der Waals surface area contributed by atoms with Gasteiger partial charge in [-0.3, -0.25) is 0 Å². The van der Waals surface area contributed by atoms with Gasteiger partial charge in [0.15, 0.2) is 17.4 Å². The normalized spacial score (nSPS) is 10.7. The Balaban J connectivity index is 2.14. The third kappa shape index (κ3) is 2.83. The SMILES string of the molecule is Cc1csc(COc2c(F)cc(CO)cc2F)n1. The number of aromatic nitrogens is 1. The number of hydrogen-bond donors (Lipinski definition) is 1. The topological polar surface area (TPSA) is 42.4 Å². The molecule has 0 fully saturated rings. The summed E-state index contributed by atoms with van der Waals surface area (Å²) in [5, 5.41) is 11.3. The molecule has 0 radical (unpaired) electrons. The third-order valence-corrected chi connectivity index (χ3v) is 3.19. The summed E-state index contributed by atoms with van der Waals surface area (Å²) in [6.45, 7) is 1.43. The van der Waals surface area contributed by atoms with Crippen molar-refractivity contribution >= 4 is 11.3 Å². The van der Waals surface area contributed by atoms with Crippen LogP contribution < -0.4 is 4.74 Å². The van der Waals surface area contributed by atoms with Crippen LogP contribution in [-0.4, -0.2) is 10.1 Å². The number of halogens is 2. The fraction of sp³-hybridized carbons (Fsp3) is 0.250. The maximum absolute atomic E-state index is 13.5. The number of benzene rings is 1. The van der Waals surface area contributed by atoms with Gasteiger partial charge in [0.1, 0.15) is 11.6 Å². The van der Waals surface area contributed by atoms with E-state index in [2.05, 4.69) is 4.98 Å². The van der Waals surface area contributed by atoms with Gasteiger partial charge in [-0.15, -0.1) is 11.3 Å². The fourth-order valence-corrected chi connectivity index (χ4v) is 2.13. The molecule has 1 N–H and O–H groups in total. The first-order valence-corrected chi connectivity index (χ1v) is 6.10. The van der Waals surface area contributed by atoms with Crippen LogP contribution >= 0.6 is 11.3 Å². The molecule has 0 aliphatic carbocycles. The molecule has 1 aromatic carbocycles. The molecule has 6 heteroatoms. The molecule has 0 spiro atoms. The molecule has 2 aromatic rings. The number of aliphatic hydroxyl groups is 1. The molecule has 1 heterocycles. The van der Waals surface area contributed by atoms with Crippen molar-refractivity contribution in [1.82, 2.24) is 4.98 Å². The van der Waals surface area contributed by atoms with Gasteiger partial charge in [-0.05, 0) is 24.6 Å². The Hall–Kier alpha value is -1.53. The van der Waals surface area contributed by atoms with E-state index < -0.39 is 24.0 Å². The van der Waals surface area contributed by atoms with E-state index in [9.17, 15) is 8.78 Å². The van der Waals surface area contributed by atoms with Gasteiger partial charge < -0.3 is 9.84 Å². The minimum absolute atomic E-state index is 0.0187. The van der Waals surface area contributed by atoms with Crippen LogP contribution in [0.25, 0.3) is 0 Å².